The lowest BCUT2D eigenvalue weighted by Gasteiger charge is -2.11. The fraction of sp³-hybridized carbons (Fsp3) is 0.400. The highest BCUT2D eigenvalue weighted by Gasteiger charge is 2.07. The molecule has 3 aromatic rings. The number of nitrogens with one attached hydrogen (secondary N) is 2. The molecule has 148 valence electrons. The van der Waals surface area contributed by atoms with Gasteiger partial charge in [-0.05, 0) is 31.0 Å². The van der Waals surface area contributed by atoms with Gasteiger partial charge in [-0.15, -0.1) is 11.3 Å². The van der Waals surface area contributed by atoms with Crippen molar-refractivity contribution in [2.75, 3.05) is 20.1 Å². The highest BCUT2D eigenvalue weighted by atomic mass is 32.1. The molecule has 7 nitrogen and oxygen atoms in total. The molecule has 2 heterocycles. The summed E-state index contributed by atoms with van der Waals surface area (Å²) in [6.45, 7) is 5.64. The molecule has 3 rings (SSSR count). The quantitative estimate of drug-likeness (QED) is 0.448. The second-order valence-corrected chi connectivity index (χ2v) is 7.41. The second kappa shape index (κ2) is 9.98. The van der Waals surface area contributed by atoms with Crippen LogP contribution in [-0.2, 0) is 19.3 Å². The van der Waals surface area contributed by atoms with Crippen molar-refractivity contribution < 1.29 is 4.52 Å². The van der Waals surface area contributed by atoms with Gasteiger partial charge in [0.15, 0.2) is 11.8 Å². The Labute approximate surface area is 169 Å². The van der Waals surface area contributed by atoms with Crippen LogP contribution in [0.25, 0.3) is 11.5 Å². The SMILES string of the molecule is CCc1noc(-c2ccc(CCNC(=NC)NCCc3csc(C)n3)cc2)n1. The molecule has 0 saturated carbocycles. The van der Waals surface area contributed by atoms with Crippen molar-refractivity contribution in [2.24, 2.45) is 4.99 Å². The van der Waals surface area contributed by atoms with Crippen molar-refractivity contribution in [3.05, 3.63) is 51.7 Å². The molecule has 0 bridgehead atoms. The Kier molecular flexibility index (Phi) is 7.13. The molecule has 0 unspecified atom stereocenters. The maximum absolute atomic E-state index is 5.28. The molecule has 28 heavy (non-hydrogen) atoms. The fourth-order valence-electron chi connectivity index (χ4n) is 2.71. The first-order chi connectivity index (χ1) is 13.7. The van der Waals surface area contributed by atoms with Crippen LogP contribution in [0.3, 0.4) is 0 Å². The van der Waals surface area contributed by atoms with Crippen LogP contribution in [0.15, 0.2) is 39.2 Å². The molecule has 0 aliphatic rings. The standard InChI is InChI=1S/C20H26N6OS/c1-4-18-25-19(27-26-18)16-7-5-15(6-8-16)9-11-22-20(21-3)23-12-10-17-13-28-14(2)24-17/h5-8,13H,4,9-12H2,1-3H3,(H2,21,22,23). The lowest BCUT2D eigenvalue weighted by Crippen LogP contribution is -2.39. The molecule has 1 aromatic carbocycles. The molecule has 0 aliphatic carbocycles. The van der Waals surface area contributed by atoms with Gasteiger partial charge in [0.05, 0.1) is 10.7 Å². The van der Waals surface area contributed by atoms with Gasteiger partial charge in [-0.3, -0.25) is 4.99 Å². The average molecular weight is 399 g/mol. The number of benzene rings is 1. The zero-order chi connectivity index (χ0) is 19.8. The van der Waals surface area contributed by atoms with Gasteiger partial charge in [-0.2, -0.15) is 4.98 Å². The third kappa shape index (κ3) is 5.63. The summed E-state index contributed by atoms with van der Waals surface area (Å²) in [5.74, 6) is 2.11. The summed E-state index contributed by atoms with van der Waals surface area (Å²) >= 11 is 1.68. The molecule has 0 saturated heterocycles. The Hall–Kier alpha value is -2.74. The molecule has 0 radical (unpaired) electrons. The summed E-state index contributed by atoms with van der Waals surface area (Å²) < 4.78 is 5.28. The van der Waals surface area contributed by atoms with E-state index in [4.69, 9.17) is 4.52 Å². The number of thiazole rings is 1. The van der Waals surface area contributed by atoms with E-state index in [1.165, 1.54) is 5.56 Å². The summed E-state index contributed by atoms with van der Waals surface area (Å²) in [4.78, 5) is 13.1. The van der Waals surface area contributed by atoms with E-state index in [-0.39, 0.29) is 0 Å². The van der Waals surface area contributed by atoms with Gasteiger partial charge in [-0.25, -0.2) is 4.98 Å². The Bertz CT molecular complexity index is 900. The average Bonchev–Trinajstić information content (AvgIpc) is 3.36. The van der Waals surface area contributed by atoms with Crippen LogP contribution in [0, 0.1) is 6.92 Å². The molecule has 0 amide bonds. The number of aliphatic imine (C=N–C) groups is 1. The Balaban J connectivity index is 1.41. The zero-order valence-electron chi connectivity index (χ0n) is 16.5. The van der Waals surface area contributed by atoms with Gasteiger partial charge in [0.1, 0.15) is 0 Å². The monoisotopic (exact) mass is 398 g/mol. The molecule has 0 fully saturated rings. The molecule has 2 aromatic heterocycles. The number of nitrogens with zero attached hydrogens (tertiary/aromatic N) is 4. The minimum absolute atomic E-state index is 0.571. The summed E-state index contributed by atoms with van der Waals surface area (Å²) in [5, 5.41) is 13.8. The number of aryl methyl sites for hydroxylation is 2. The van der Waals surface area contributed by atoms with Gasteiger partial charge in [0.2, 0.25) is 0 Å². The van der Waals surface area contributed by atoms with Gasteiger partial charge < -0.3 is 15.2 Å². The zero-order valence-corrected chi connectivity index (χ0v) is 17.3. The topological polar surface area (TPSA) is 88.2 Å². The molecule has 8 heteroatoms. The fourth-order valence-corrected chi connectivity index (χ4v) is 3.35. The van der Waals surface area contributed by atoms with Crippen LogP contribution < -0.4 is 10.6 Å². The van der Waals surface area contributed by atoms with Crippen molar-refractivity contribution in [3.8, 4) is 11.5 Å². The van der Waals surface area contributed by atoms with E-state index in [0.717, 1.165) is 60.4 Å². The van der Waals surface area contributed by atoms with Crippen LogP contribution in [0.5, 0.6) is 0 Å². The normalized spacial score (nSPS) is 11.6. The molecule has 0 spiro atoms. The maximum Gasteiger partial charge on any atom is 0.257 e. The Morgan fingerprint density at radius 3 is 2.46 bits per heavy atom. The van der Waals surface area contributed by atoms with Crippen molar-refractivity contribution in [1.82, 2.24) is 25.8 Å². The lowest BCUT2D eigenvalue weighted by atomic mass is 10.1. The number of aromatic nitrogens is 3. The van der Waals surface area contributed by atoms with Crippen molar-refractivity contribution >= 4 is 17.3 Å². The smallest absolute Gasteiger partial charge is 0.257 e. The van der Waals surface area contributed by atoms with Crippen LogP contribution in [0.1, 0.15) is 29.0 Å². The van der Waals surface area contributed by atoms with Gasteiger partial charge in [0.25, 0.3) is 5.89 Å². The summed E-state index contributed by atoms with van der Waals surface area (Å²) in [7, 11) is 1.78. The minimum atomic E-state index is 0.571. The van der Waals surface area contributed by atoms with E-state index in [2.05, 4.69) is 48.3 Å². The van der Waals surface area contributed by atoms with E-state index in [0.29, 0.717) is 5.89 Å². The van der Waals surface area contributed by atoms with E-state index in [9.17, 15) is 0 Å². The maximum atomic E-state index is 5.28. The van der Waals surface area contributed by atoms with Crippen LogP contribution in [0.2, 0.25) is 0 Å². The first-order valence-electron chi connectivity index (χ1n) is 9.45. The number of rotatable bonds is 8. The van der Waals surface area contributed by atoms with Gasteiger partial charge >= 0.3 is 0 Å². The highest BCUT2D eigenvalue weighted by molar-refractivity contribution is 7.09. The van der Waals surface area contributed by atoms with Crippen LogP contribution >= 0.6 is 11.3 Å². The number of hydrogen-bond acceptors (Lipinski definition) is 6. The first-order valence-corrected chi connectivity index (χ1v) is 10.3. The second-order valence-electron chi connectivity index (χ2n) is 6.35. The predicted octanol–water partition coefficient (Wildman–Crippen LogP) is 3.01. The van der Waals surface area contributed by atoms with Crippen LogP contribution in [-0.4, -0.2) is 41.2 Å². The predicted molar refractivity (Wildman–Crippen MR) is 113 cm³/mol. The number of hydrogen-bond donors (Lipinski definition) is 2. The van der Waals surface area contributed by atoms with Gasteiger partial charge in [0, 0.05) is 43.9 Å². The highest BCUT2D eigenvalue weighted by Crippen LogP contribution is 2.18. The molecule has 0 aliphatic heterocycles. The minimum Gasteiger partial charge on any atom is -0.356 e. The summed E-state index contributed by atoms with van der Waals surface area (Å²) in [6.07, 6.45) is 2.56. The summed E-state index contributed by atoms with van der Waals surface area (Å²) in [6, 6.07) is 8.22. The molecular formula is C20H26N6OS. The van der Waals surface area contributed by atoms with Crippen molar-refractivity contribution in [3.63, 3.8) is 0 Å². The lowest BCUT2D eigenvalue weighted by molar-refractivity contribution is 0.423. The first kappa shape index (κ1) is 20.0. The van der Waals surface area contributed by atoms with E-state index in [1.54, 1.807) is 18.4 Å². The molecular weight excluding hydrogens is 372 g/mol. The molecule has 0 atom stereocenters. The van der Waals surface area contributed by atoms with Crippen LogP contribution in [0.4, 0.5) is 0 Å². The van der Waals surface area contributed by atoms with E-state index in [1.807, 2.05) is 26.0 Å². The van der Waals surface area contributed by atoms with E-state index >= 15 is 0 Å². The van der Waals surface area contributed by atoms with Crippen molar-refractivity contribution in [1.29, 1.82) is 0 Å². The molecule has 2 N–H and O–H groups in total. The Morgan fingerprint density at radius 1 is 1.11 bits per heavy atom. The third-order valence-electron chi connectivity index (χ3n) is 4.26. The van der Waals surface area contributed by atoms with Gasteiger partial charge in [-0.1, -0.05) is 24.2 Å². The summed E-state index contributed by atoms with van der Waals surface area (Å²) in [5.41, 5.74) is 3.30. The largest absolute Gasteiger partial charge is 0.356 e. The third-order valence-corrected chi connectivity index (χ3v) is 5.08. The van der Waals surface area contributed by atoms with Crippen molar-refractivity contribution in [2.45, 2.75) is 33.1 Å². The Morgan fingerprint density at radius 2 is 1.86 bits per heavy atom. The van der Waals surface area contributed by atoms with E-state index < -0.39 is 0 Å². The number of guanidine groups is 1.